The van der Waals surface area contributed by atoms with E-state index in [1.54, 1.807) is 12.5 Å². The van der Waals surface area contributed by atoms with Gasteiger partial charge in [-0.05, 0) is 54.6 Å². The van der Waals surface area contributed by atoms with Gasteiger partial charge in [-0.25, -0.2) is 0 Å². The van der Waals surface area contributed by atoms with E-state index in [0.29, 0.717) is 11.3 Å². The van der Waals surface area contributed by atoms with Crippen molar-refractivity contribution >= 4 is 0 Å². The third kappa shape index (κ3) is 3.12. The summed E-state index contributed by atoms with van der Waals surface area (Å²) in [5.41, 5.74) is 1.57. The maximum atomic E-state index is 10.1. The van der Waals surface area contributed by atoms with Crippen molar-refractivity contribution in [1.82, 2.24) is 0 Å². The SMILES string of the molecule is CC(C)(C)C1CCC(O)C(Cc2ccoc2)C1. The molecule has 96 valence electrons. The standard InChI is InChI=1S/C15H24O2/c1-15(2,3)13-4-5-14(16)12(9-13)8-11-6-7-17-10-11/h6-7,10,12-14,16H,4-5,8-9H2,1-3H3. The van der Waals surface area contributed by atoms with Gasteiger partial charge < -0.3 is 9.52 Å². The number of hydrogen-bond acceptors (Lipinski definition) is 2. The number of furan rings is 1. The highest BCUT2D eigenvalue weighted by atomic mass is 16.3. The summed E-state index contributed by atoms with van der Waals surface area (Å²) in [7, 11) is 0. The second kappa shape index (κ2) is 4.85. The molecule has 1 aromatic rings. The minimum absolute atomic E-state index is 0.136. The molecule has 1 fully saturated rings. The lowest BCUT2D eigenvalue weighted by Gasteiger charge is -2.40. The van der Waals surface area contributed by atoms with Crippen LogP contribution >= 0.6 is 0 Å². The Morgan fingerprint density at radius 1 is 1.35 bits per heavy atom. The summed E-state index contributed by atoms with van der Waals surface area (Å²) in [6.45, 7) is 6.93. The maximum absolute atomic E-state index is 10.1. The first kappa shape index (κ1) is 12.7. The predicted molar refractivity (Wildman–Crippen MR) is 68.7 cm³/mol. The summed E-state index contributed by atoms with van der Waals surface area (Å²) < 4.78 is 5.10. The molecule has 1 heterocycles. The summed E-state index contributed by atoms with van der Waals surface area (Å²) in [6, 6.07) is 2.01. The van der Waals surface area contributed by atoms with Gasteiger partial charge >= 0.3 is 0 Å². The minimum atomic E-state index is -0.136. The first-order valence-corrected chi connectivity index (χ1v) is 6.66. The van der Waals surface area contributed by atoms with Crippen LogP contribution in [0.25, 0.3) is 0 Å². The number of rotatable bonds is 2. The maximum Gasteiger partial charge on any atom is 0.0934 e. The Kier molecular flexibility index (Phi) is 3.62. The largest absolute Gasteiger partial charge is 0.472 e. The summed E-state index contributed by atoms with van der Waals surface area (Å²) >= 11 is 0. The molecule has 1 aliphatic rings. The quantitative estimate of drug-likeness (QED) is 0.850. The van der Waals surface area contributed by atoms with Crippen LogP contribution in [0.4, 0.5) is 0 Å². The molecule has 0 saturated heterocycles. The van der Waals surface area contributed by atoms with E-state index >= 15 is 0 Å². The average Bonchev–Trinajstić information content (AvgIpc) is 2.72. The van der Waals surface area contributed by atoms with Crippen molar-refractivity contribution in [2.45, 2.75) is 52.6 Å². The fourth-order valence-corrected chi connectivity index (χ4v) is 2.97. The first-order chi connectivity index (χ1) is 7.97. The van der Waals surface area contributed by atoms with E-state index in [1.807, 2.05) is 6.07 Å². The molecule has 2 nitrogen and oxygen atoms in total. The van der Waals surface area contributed by atoms with E-state index in [-0.39, 0.29) is 6.10 Å². The summed E-state index contributed by atoms with van der Waals surface area (Å²) in [5, 5.41) is 10.1. The fraction of sp³-hybridized carbons (Fsp3) is 0.733. The molecule has 1 aliphatic carbocycles. The lowest BCUT2D eigenvalue weighted by atomic mass is 9.67. The van der Waals surface area contributed by atoms with Crippen molar-refractivity contribution in [3.63, 3.8) is 0 Å². The second-order valence-electron chi connectivity index (χ2n) is 6.54. The molecule has 0 aliphatic heterocycles. The van der Waals surface area contributed by atoms with E-state index in [0.717, 1.165) is 31.6 Å². The monoisotopic (exact) mass is 236 g/mol. The van der Waals surface area contributed by atoms with Crippen molar-refractivity contribution in [2.24, 2.45) is 17.3 Å². The van der Waals surface area contributed by atoms with Gasteiger partial charge in [0.1, 0.15) is 0 Å². The van der Waals surface area contributed by atoms with Gasteiger partial charge in [-0.3, -0.25) is 0 Å². The Balaban J connectivity index is 2.00. The molecule has 0 amide bonds. The van der Waals surface area contributed by atoms with Crippen molar-refractivity contribution in [1.29, 1.82) is 0 Å². The number of aliphatic hydroxyl groups is 1. The molecule has 3 atom stereocenters. The Labute approximate surface area is 104 Å². The topological polar surface area (TPSA) is 33.4 Å². The Morgan fingerprint density at radius 3 is 2.71 bits per heavy atom. The third-order valence-corrected chi connectivity index (χ3v) is 4.25. The summed E-state index contributed by atoms with van der Waals surface area (Å²) in [6.07, 6.45) is 7.57. The van der Waals surface area contributed by atoms with Crippen molar-refractivity contribution in [2.75, 3.05) is 0 Å². The van der Waals surface area contributed by atoms with Gasteiger partial charge in [0, 0.05) is 0 Å². The molecule has 1 N–H and O–H groups in total. The van der Waals surface area contributed by atoms with Gasteiger partial charge in [0.25, 0.3) is 0 Å². The Bertz CT molecular complexity index is 334. The van der Waals surface area contributed by atoms with Crippen molar-refractivity contribution in [3.8, 4) is 0 Å². The molecule has 2 rings (SSSR count). The van der Waals surface area contributed by atoms with Crippen LogP contribution in [0.3, 0.4) is 0 Å². The molecule has 1 saturated carbocycles. The lowest BCUT2D eigenvalue weighted by Crippen LogP contribution is -2.35. The van der Waals surface area contributed by atoms with E-state index in [2.05, 4.69) is 20.8 Å². The highest BCUT2D eigenvalue weighted by Crippen LogP contribution is 2.41. The van der Waals surface area contributed by atoms with Crippen LogP contribution in [0.1, 0.15) is 45.6 Å². The van der Waals surface area contributed by atoms with Crippen LogP contribution in [0.15, 0.2) is 23.0 Å². The molecular formula is C15H24O2. The van der Waals surface area contributed by atoms with Crippen molar-refractivity contribution in [3.05, 3.63) is 24.2 Å². The molecule has 2 heteroatoms. The fourth-order valence-electron chi connectivity index (χ4n) is 2.97. The van der Waals surface area contributed by atoms with Crippen LogP contribution in [0, 0.1) is 17.3 Å². The smallest absolute Gasteiger partial charge is 0.0934 e. The van der Waals surface area contributed by atoms with Gasteiger partial charge in [-0.2, -0.15) is 0 Å². The van der Waals surface area contributed by atoms with Crippen LogP contribution in [0.2, 0.25) is 0 Å². The van der Waals surface area contributed by atoms with Crippen LogP contribution in [-0.2, 0) is 6.42 Å². The highest BCUT2D eigenvalue weighted by Gasteiger charge is 2.35. The molecule has 0 spiro atoms. The van der Waals surface area contributed by atoms with E-state index in [4.69, 9.17) is 4.42 Å². The molecule has 0 radical (unpaired) electrons. The van der Waals surface area contributed by atoms with Crippen LogP contribution < -0.4 is 0 Å². The number of aliphatic hydroxyl groups excluding tert-OH is 1. The van der Waals surface area contributed by atoms with Gasteiger partial charge in [0.05, 0.1) is 18.6 Å². The average molecular weight is 236 g/mol. The number of hydrogen-bond donors (Lipinski definition) is 1. The second-order valence-corrected chi connectivity index (χ2v) is 6.54. The normalized spacial score (nSPS) is 30.5. The minimum Gasteiger partial charge on any atom is -0.472 e. The van der Waals surface area contributed by atoms with Crippen LogP contribution in [-0.4, -0.2) is 11.2 Å². The molecule has 0 aromatic carbocycles. The predicted octanol–water partition coefficient (Wildman–Crippen LogP) is 3.65. The van der Waals surface area contributed by atoms with E-state index < -0.39 is 0 Å². The zero-order valence-corrected chi connectivity index (χ0v) is 11.1. The molecule has 17 heavy (non-hydrogen) atoms. The molecule has 0 bridgehead atoms. The van der Waals surface area contributed by atoms with E-state index in [1.165, 1.54) is 5.56 Å². The third-order valence-electron chi connectivity index (χ3n) is 4.25. The van der Waals surface area contributed by atoms with Crippen LogP contribution in [0.5, 0.6) is 0 Å². The molecule has 1 aromatic heterocycles. The Morgan fingerprint density at radius 2 is 2.12 bits per heavy atom. The molecular weight excluding hydrogens is 212 g/mol. The highest BCUT2D eigenvalue weighted by molar-refractivity contribution is 5.07. The van der Waals surface area contributed by atoms with Gasteiger partial charge in [-0.1, -0.05) is 20.8 Å². The zero-order chi connectivity index (χ0) is 12.5. The van der Waals surface area contributed by atoms with Gasteiger partial charge in [0.2, 0.25) is 0 Å². The van der Waals surface area contributed by atoms with E-state index in [9.17, 15) is 5.11 Å². The zero-order valence-electron chi connectivity index (χ0n) is 11.1. The van der Waals surface area contributed by atoms with Gasteiger partial charge in [0.15, 0.2) is 0 Å². The van der Waals surface area contributed by atoms with Crippen molar-refractivity contribution < 1.29 is 9.52 Å². The first-order valence-electron chi connectivity index (χ1n) is 6.66. The van der Waals surface area contributed by atoms with Gasteiger partial charge in [-0.15, -0.1) is 0 Å². The molecule has 3 unspecified atom stereocenters. The summed E-state index contributed by atoms with van der Waals surface area (Å²) in [5.74, 6) is 1.12. The lowest BCUT2D eigenvalue weighted by molar-refractivity contribution is 0.0196. The Hall–Kier alpha value is -0.760. The summed E-state index contributed by atoms with van der Waals surface area (Å²) in [4.78, 5) is 0.